The number of aliphatic carboxylic acids is 1. The second-order valence-electron chi connectivity index (χ2n) is 8.39. The molecule has 0 unspecified atom stereocenters. The molecule has 1 aliphatic rings. The van der Waals surface area contributed by atoms with Crippen LogP contribution in [0.4, 0.5) is 17.4 Å². The van der Waals surface area contributed by atoms with Crippen molar-refractivity contribution in [1.82, 2.24) is 10.2 Å². The molecule has 0 atom stereocenters. The molecule has 172 valence electrons. The zero-order valence-electron chi connectivity index (χ0n) is 18.2. The van der Waals surface area contributed by atoms with Gasteiger partial charge in [-0.1, -0.05) is 39.2 Å². The topological polar surface area (TPSA) is 117 Å². The van der Waals surface area contributed by atoms with Gasteiger partial charge in [-0.3, -0.25) is 9.59 Å². The first-order valence-corrected chi connectivity index (χ1v) is 11.7. The van der Waals surface area contributed by atoms with E-state index in [1.54, 1.807) is 0 Å². The number of halogens is 1. The van der Waals surface area contributed by atoms with Gasteiger partial charge in [-0.2, -0.15) is 0 Å². The largest absolute Gasteiger partial charge is 0.481 e. The summed E-state index contributed by atoms with van der Waals surface area (Å²) in [4.78, 5) is 23.4. The van der Waals surface area contributed by atoms with Crippen molar-refractivity contribution < 1.29 is 19.1 Å². The number of nitrogens with zero attached hydrogens (tertiary/aromatic N) is 2. The third-order valence-corrected chi connectivity index (χ3v) is 6.50. The van der Waals surface area contributed by atoms with Crippen molar-refractivity contribution in [3.8, 4) is 0 Å². The van der Waals surface area contributed by atoms with Gasteiger partial charge in [0.15, 0.2) is 0 Å². The molecule has 3 aromatic rings. The van der Waals surface area contributed by atoms with Gasteiger partial charge in [-0.15, -0.1) is 5.10 Å². The van der Waals surface area contributed by atoms with Gasteiger partial charge in [0.05, 0.1) is 0 Å². The maximum atomic E-state index is 12.5. The molecule has 1 fully saturated rings. The number of hydrogen-bond donors (Lipinski definition) is 3. The molecule has 0 radical (unpaired) electrons. The maximum absolute atomic E-state index is 12.5. The number of carboxylic acids is 1. The molecule has 1 saturated carbocycles. The fourth-order valence-corrected chi connectivity index (χ4v) is 4.54. The SMILES string of the molecule is Cc1ccc(Br)cc1Nc1nnc(C(=O)Nc2ccc([C@H]3CC[C@H](CC(=O)O)CC3)cc2)o1. The van der Waals surface area contributed by atoms with E-state index in [1.165, 1.54) is 5.56 Å². The lowest BCUT2D eigenvalue weighted by Crippen LogP contribution is -2.16. The highest BCUT2D eigenvalue weighted by molar-refractivity contribution is 9.10. The normalized spacial score (nSPS) is 18.0. The molecule has 0 bridgehead atoms. The third-order valence-electron chi connectivity index (χ3n) is 6.01. The second kappa shape index (κ2) is 10.2. The number of nitrogens with one attached hydrogen (secondary N) is 2. The van der Waals surface area contributed by atoms with Crippen LogP contribution in [-0.4, -0.2) is 27.2 Å². The summed E-state index contributed by atoms with van der Waals surface area (Å²) in [6, 6.07) is 13.6. The number of anilines is 3. The van der Waals surface area contributed by atoms with Crippen molar-refractivity contribution in [2.75, 3.05) is 10.6 Å². The Morgan fingerprint density at radius 3 is 2.52 bits per heavy atom. The molecule has 0 saturated heterocycles. The average Bonchev–Trinajstić information content (AvgIpc) is 3.26. The van der Waals surface area contributed by atoms with E-state index in [0.717, 1.165) is 41.4 Å². The van der Waals surface area contributed by atoms with Crippen LogP contribution in [0.15, 0.2) is 51.4 Å². The molecule has 9 heteroatoms. The van der Waals surface area contributed by atoms with Crippen LogP contribution in [0.5, 0.6) is 0 Å². The van der Waals surface area contributed by atoms with Gasteiger partial charge in [0.25, 0.3) is 0 Å². The highest BCUT2D eigenvalue weighted by atomic mass is 79.9. The summed E-state index contributed by atoms with van der Waals surface area (Å²) in [6.45, 7) is 1.95. The Kier molecular flexibility index (Phi) is 7.08. The van der Waals surface area contributed by atoms with E-state index in [2.05, 4.69) is 36.8 Å². The van der Waals surface area contributed by atoms with Gasteiger partial charge >= 0.3 is 23.8 Å². The van der Waals surface area contributed by atoms with Gasteiger partial charge in [-0.05, 0) is 79.8 Å². The minimum atomic E-state index is -0.717. The fourth-order valence-electron chi connectivity index (χ4n) is 4.18. The Hall–Kier alpha value is -3.20. The Bertz CT molecular complexity index is 1140. The summed E-state index contributed by atoms with van der Waals surface area (Å²) in [5.74, 6) is -0.635. The van der Waals surface area contributed by atoms with E-state index in [9.17, 15) is 9.59 Å². The van der Waals surface area contributed by atoms with Gasteiger partial charge in [0.1, 0.15) is 0 Å². The van der Waals surface area contributed by atoms with Crippen LogP contribution in [0.1, 0.15) is 59.8 Å². The van der Waals surface area contributed by atoms with Crippen LogP contribution in [-0.2, 0) is 4.79 Å². The van der Waals surface area contributed by atoms with Gasteiger partial charge in [0.2, 0.25) is 0 Å². The Morgan fingerprint density at radius 1 is 1.09 bits per heavy atom. The van der Waals surface area contributed by atoms with Crippen molar-refractivity contribution in [1.29, 1.82) is 0 Å². The quantitative estimate of drug-likeness (QED) is 0.361. The summed E-state index contributed by atoms with van der Waals surface area (Å²) < 4.78 is 6.38. The molecule has 4 rings (SSSR count). The van der Waals surface area contributed by atoms with E-state index in [-0.39, 0.29) is 24.2 Å². The third kappa shape index (κ3) is 5.98. The number of amides is 1. The monoisotopic (exact) mass is 512 g/mol. The Balaban J connectivity index is 1.33. The summed E-state index contributed by atoms with van der Waals surface area (Å²) in [6.07, 6.45) is 4.09. The molecule has 3 N–H and O–H groups in total. The molecule has 1 heterocycles. The minimum Gasteiger partial charge on any atom is -0.481 e. The molecule has 33 heavy (non-hydrogen) atoms. The number of benzene rings is 2. The van der Waals surface area contributed by atoms with E-state index in [4.69, 9.17) is 9.52 Å². The highest BCUT2D eigenvalue weighted by Crippen LogP contribution is 2.37. The van der Waals surface area contributed by atoms with Crippen LogP contribution in [0.3, 0.4) is 0 Å². The van der Waals surface area contributed by atoms with Gasteiger partial charge in [-0.25, -0.2) is 0 Å². The zero-order valence-corrected chi connectivity index (χ0v) is 19.8. The van der Waals surface area contributed by atoms with Crippen LogP contribution in [0.2, 0.25) is 0 Å². The van der Waals surface area contributed by atoms with Crippen molar-refractivity contribution in [2.45, 2.75) is 44.9 Å². The fraction of sp³-hybridized carbons (Fsp3) is 0.333. The lowest BCUT2D eigenvalue weighted by atomic mass is 9.77. The van der Waals surface area contributed by atoms with E-state index >= 15 is 0 Å². The molecular formula is C24H25BrN4O4. The first-order valence-electron chi connectivity index (χ1n) is 10.9. The Morgan fingerprint density at radius 2 is 1.82 bits per heavy atom. The van der Waals surface area contributed by atoms with Crippen molar-refractivity contribution >= 4 is 45.2 Å². The molecule has 0 spiro atoms. The van der Waals surface area contributed by atoms with Crippen LogP contribution in [0, 0.1) is 12.8 Å². The summed E-state index contributed by atoms with van der Waals surface area (Å²) >= 11 is 3.42. The molecule has 8 nitrogen and oxygen atoms in total. The second-order valence-corrected chi connectivity index (χ2v) is 9.30. The molecule has 0 aliphatic heterocycles. The van der Waals surface area contributed by atoms with Crippen molar-refractivity contribution in [2.24, 2.45) is 5.92 Å². The summed E-state index contributed by atoms with van der Waals surface area (Å²) in [5, 5.41) is 22.5. The summed E-state index contributed by atoms with van der Waals surface area (Å²) in [5.41, 5.74) is 3.64. The smallest absolute Gasteiger partial charge is 0.320 e. The van der Waals surface area contributed by atoms with Crippen LogP contribution in [0.25, 0.3) is 0 Å². The number of carbonyl (C=O) groups excluding carboxylic acids is 1. The van der Waals surface area contributed by atoms with E-state index in [1.807, 2.05) is 49.4 Å². The van der Waals surface area contributed by atoms with Crippen molar-refractivity contribution in [3.05, 3.63) is 64.0 Å². The number of aromatic nitrogens is 2. The molecule has 1 aromatic heterocycles. The maximum Gasteiger partial charge on any atom is 0.320 e. The van der Waals surface area contributed by atoms with E-state index in [0.29, 0.717) is 11.6 Å². The number of hydrogen-bond acceptors (Lipinski definition) is 6. The van der Waals surface area contributed by atoms with Gasteiger partial charge < -0.3 is 20.2 Å². The minimum absolute atomic E-state index is 0.133. The van der Waals surface area contributed by atoms with Crippen LogP contribution < -0.4 is 10.6 Å². The lowest BCUT2D eigenvalue weighted by molar-refractivity contribution is -0.138. The van der Waals surface area contributed by atoms with Crippen LogP contribution >= 0.6 is 15.9 Å². The zero-order chi connectivity index (χ0) is 23.4. The standard InChI is InChI=1S/C24H25BrN4O4/c1-14-2-9-18(25)13-20(14)27-24-29-28-23(33-24)22(32)26-19-10-7-17(8-11-19)16-5-3-15(4-6-16)12-21(30)31/h2,7-11,13,15-16H,3-6,12H2,1H3,(H,26,32)(H,27,29)(H,30,31)/t15-,16-. The first-order chi connectivity index (χ1) is 15.9. The number of carbonyl (C=O) groups is 2. The molecule has 2 aromatic carbocycles. The number of carboxylic acid groups (broad SMARTS) is 1. The number of aryl methyl sites for hydroxylation is 1. The van der Waals surface area contributed by atoms with Crippen molar-refractivity contribution in [3.63, 3.8) is 0 Å². The predicted octanol–water partition coefficient (Wildman–Crippen LogP) is 5.88. The average molecular weight is 513 g/mol. The lowest BCUT2D eigenvalue weighted by Gasteiger charge is -2.28. The molecule has 1 aliphatic carbocycles. The molecular weight excluding hydrogens is 488 g/mol. The first kappa shape index (κ1) is 23.0. The Labute approximate surface area is 199 Å². The van der Waals surface area contributed by atoms with E-state index < -0.39 is 11.9 Å². The highest BCUT2D eigenvalue weighted by Gasteiger charge is 2.24. The predicted molar refractivity (Wildman–Crippen MR) is 128 cm³/mol. The summed E-state index contributed by atoms with van der Waals surface area (Å²) in [7, 11) is 0. The molecule has 1 amide bonds. The number of rotatable bonds is 7. The van der Waals surface area contributed by atoms with Gasteiger partial charge in [0, 0.05) is 22.3 Å².